The fourth-order valence-corrected chi connectivity index (χ4v) is 4.19. The van der Waals surface area contributed by atoms with Gasteiger partial charge >= 0.3 is 12.1 Å². The van der Waals surface area contributed by atoms with Crippen molar-refractivity contribution in [1.82, 2.24) is 10.4 Å². The van der Waals surface area contributed by atoms with Crippen LogP contribution in [0.1, 0.15) is 29.2 Å². The molecule has 0 aliphatic carbocycles. The smallest absolute Gasteiger partial charge is 0.416 e. The van der Waals surface area contributed by atoms with E-state index in [0.29, 0.717) is 33.6 Å². The number of halogens is 4. The van der Waals surface area contributed by atoms with Gasteiger partial charge in [-0.3, -0.25) is 19.6 Å². The minimum Gasteiger partial charge on any atom is -0.480 e. The van der Waals surface area contributed by atoms with Crippen LogP contribution < -0.4 is 10.3 Å². The number of carboxylic acids is 1. The Hall–Kier alpha value is -4.58. The normalized spacial score (nSPS) is 16.1. The summed E-state index contributed by atoms with van der Waals surface area (Å²) in [6, 6.07) is 16.0. The molecule has 0 radical (unpaired) electrons. The Morgan fingerprint density at radius 2 is 1.73 bits per heavy atom. The van der Waals surface area contributed by atoms with Crippen molar-refractivity contribution in [1.29, 1.82) is 0 Å². The molecular weight excluding hydrogens is 532 g/mol. The molecule has 0 bridgehead atoms. The number of carboxylic acid groups (broad SMARTS) is 1. The summed E-state index contributed by atoms with van der Waals surface area (Å²) in [7, 11) is 1.50. The van der Waals surface area contributed by atoms with Crippen LogP contribution in [0.2, 0.25) is 0 Å². The number of anilines is 1. The molecule has 3 aromatic carbocycles. The zero-order valence-electron chi connectivity index (χ0n) is 21.3. The lowest BCUT2D eigenvalue weighted by Crippen LogP contribution is -2.58. The summed E-state index contributed by atoms with van der Waals surface area (Å²) in [6.45, 7) is 1.16. The van der Waals surface area contributed by atoms with E-state index in [1.165, 1.54) is 11.9 Å². The van der Waals surface area contributed by atoms with Crippen molar-refractivity contribution in [3.63, 3.8) is 0 Å². The number of para-hydroxylation sites is 1. The van der Waals surface area contributed by atoms with Crippen LogP contribution in [0, 0.1) is 5.82 Å². The molecule has 0 saturated carbocycles. The Balaban J connectivity index is 1.71. The maximum absolute atomic E-state index is 14.5. The van der Waals surface area contributed by atoms with Gasteiger partial charge in [0.1, 0.15) is 11.9 Å². The van der Waals surface area contributed by atoms with Crippen molar-refractivity contribution < 1.29 is 37.1 Å². The first-order valence-corrected chi connectivity index (χ1v) is 12.1. The number of aliphatic carboxylic acids is 1. The number of amides is 2. The first kappa shape index (κ1) is 28.4. The number of hydrazine groups is 1. The molecule has 8 nitrogen and oxygen atoms in total. The molecule has 1 aliphatic rings. The van der Waals surface area contributed by atoms with E-state index in [1.807, 2.05) is 0 Å². The SMILES string of the molecule is C[C@@H](C(=O)O)N(N[C@@H]1N=C(c2ccccc2)c2ccccc2N(C)C1=O)C(=O)Cc1ccc(C(F)(F)F)cc1F. The lowest BCUT2D eigenvalue weighted by atomic mass is 10.0. The highest BCUT2D eigenvalue weighted by molar-refractivity contribution is 6.20. The zero-order chi connectivity index (χ0) is 29.2. The number of alkyl halides is 3. The fraction of sp³-hybridized carbons (Fsp3) is 0.214. The lowest BCUT2D eigenvalue weighted by molar-refractivity contribution is -0.153. The molecular formula is C28H24F4N4O4. The number of carbonyl (C=O) groups is 3. The van der Waals surface area contributed by atoms with Crippen LogP contribution >= 0.6 is 0 Å². The van der Waals surface area contributed by atoms with E-state index in [9.17, 15) is 37.1 Å². The van der Waals surface area contributed by atoms with E-state index >= 15 is 0 Å². The first-order chi connectivity index (χ1) is 18.9. The minimum absolute atomic E-state index is 0.262. The summed E-state index contributed by atoms with van der Waals surface area (Å²) in [5.74, 6) is -4.34. The van der Waals surface area contributed by atoms with Crippen LogP contribution in [-0.2, 0) is 27.0 Å². The maximum atomic E-state index is 14.5. The highest BCUT2D eigenvalue weighted by atomic mass is 19.4. The van der Waals surface area contributed by atoms with Gasteiger partial charge in [-0.15, -0.1) is 0 Å². The van der Waals surface area contributed by atoms with E-state index in [0.717, 1.165) is 13.0 Å². The number of nitrogens with zero attached hydrogens (tertiary/aromatic N) is 3. The average molecular weight is 557 g/mol. The molecule has 3 aromatic rings. The van der Waals surface area contributed by atoms with E-state index in [2.05, 4.69) is 10.4 Å². The van der Waals surface area contributed by atoms with E-state index < -0.39 is 54.0 Å². The molecule has 2 atom stereocenters. The molecule has 2 amide bonds. The van der Waals surface area contributed by atoms with Gasteiger partial charge < -0.3 is 10.0 Å². The molecule has 0 unspecified atom stereocenters. The van der Waals surface area contributed by atoms with Gasteiger partial charge in [0.2, 0.25) is 5.91 Å². The van der Waals surface area contributed by atoms with Gasteiger partial charge in [-0.2, -0.15) is 18.6 Å². The van der Waals surface area contributed by atoms with Gasteiger partial charge in [0.15, 0.2) is 6.17 Å². The monoisotopic (exact) mass is 556 g/mol. The first-order valence-electron chi connectivity index (χ1n) is 12.1. The number of hydrogen-bond donors (Lipinski definition) is 2. The fourth-order valence-electron chi connectivity index (χ4n) is 4.19. The molecule has 2 N–H and O–H groups in total. The van der Waals surface area contributed by atoms with Crippen molar-refractivity contribution in [3.8, 4) is 0 Å². The summed E-state index contributed by atoms with van der Waals surface area (Å²) >= 11 is 0. The summed E-state index contributed by atoms with van der Waals surface area (Å²) in [4.78, 5) is 44.5. The number of hydrogen-bond acceptors (Lipinski definition) is 5. The average Bonchev–Trinajstić information content (AvgIpc) is 3.02. The van der Waals surface area contributed by atoms with Gasteiger partial charge in [0.25, 0.3) is 5.91 Å². The van der Waals surface area contributed by atoms with Crippen LogP contribution in [0.4, 0.5) is 23.2 Å². The highest BCUT2D eigenvalue weighted by Gasteiger charge is 2.36. The number of nitrogens with one attached hydrogen (secondary N) is 1. The van der Waals surface area contributed by atoms with E-state index in [-0.39, 0.29) is 11.6 Å². The standard InChI is InChI=1S/C28H24F4N4O4/c1-16(27(39)40)36(23(37)14-18-12-13-19(15-21(18)29)28(30,31)32)34-25-26(38)35(2)22-11-7-6-10-20(22)24(33-25)17-8-4-3-5-9-17/h3-13,15-16,25,34H,14H2,1-2H3,(H,39,40)/t16-,25-/m0/s1. The number of aliphatic imine (C=N–C) groups is 1. The minimum atomic E-state index is -4.79. The third kappa shape index (κ3) is 5.86. The van der Waals surface area contributed by atoms with Gasteiger partial charge in [0.05, 0.1) is 23.4 Å². The number of benzodiazepines with no additional fused rings is 1. The molecule has 0 spiro atoms. The molecule has 40 heavy (non-hydrogen) atoms. The maximum Gasteiger partial charge on any atom is 0.416 e. The van der Waals surface area contributed by atoms with Crippen molar-refractivity contribution in [2.75, 3.05) is 11.9 Å². The topological polar surface area (TPSA) is 102 Å². The van der Waals surface area contributed by atoms with Crippen molar-refractivity contribution in [2.24, 2.45) is 4.99 Å². The predicted octanol–water partition coefficient (Wildman–Crippen LogP) is 4.03. The molecule has 12 heteroatoms. The van der Waals surface area contributed by atoms with Crippen molar-refractivity contribution in [2.45, 2.75) is 31.7 Å². The summed E-state index contributed by atoms with van der Waals surface area (Å²) in [5, 5.41) is 10.3. The third-order valence-corrected chi connectivity index (χ3v) is 6.39. The Kier molecular flexibility index (Phi) is 8.01. The van der Waals surface area contributed by atoms with Crippen LogP contribution in [0.5, 0.6) is 0 Å². The molecule has 0 saturated heterocycles. The van der Waals surface area contributed by atoms with E-state index in [4.69, 9.17) is 0 Å². The molecule has 4 rings (SSSR count). The van der Waals surface area contributed by atoms with Crippen molar-refractivity contribution >= 4 is 29.2 Å². The number of benzene rings is 3. The zero-order valence-corrected chi connectivity index (χ0v) is 21.3. The number of likely N-dealkylation sites (N-methyl/N-ethyl adjacent to an activating group) is 1. The Bertz CT molecular complexity index is 1480. The number of carbonyl (C=O) groups excluding carboxylic acids is 2. The Labute approximate surface area is 226 Å². The summed E-state index contributed by atoms with van der Waals surface area (Å²) < 4.78 is 53.3. The van der Waals surface area contributed by atoms with E-state index in [1.54, 1.807) is 54.6 Å². The molecule has 0 fully saturated rings. The van der Waals surface area contributed by atoms with Gasteiger partial charge in [0, 0.05) is 18.2 Å². The lowest BCUT2D eigenvalue weighted by Gasteiger charge is -2.30. The predicted molar refractivity (Wildman–Crippen MR) is 138 cm³/mol. The second-order valence-electron chi connectivity index (χ2n) is 9.05. The van der Waals surface area contributed by atoms with Gasteiger partial charge in [-0.25, -0.2) is 9.18 Å². The van der Waals surface area contributed by atoms with Crippen LogP contribution in [-0.4, -0.2) is 52.9 Å². The van der Waals surface area contributed by atoms with Crippen molar-refractivity contribution in [3.05, 3.63) is 101 Å². The number of rotatable bonds is 7. The van der Waals surface area contributed by atoms with Crippen LogP contribution in [0.25, 0.3) is 0 Å². The third-order valence-electron chi connectivity index (χ3n) is 6.39. The molecule has 1 aliphatic heterocycles. The summed E-state index contributed by atoms with van der Waals surface area (Å²) in [6.07, 6.45) is -7.04. The Morgan fingerprint density at radius 3 is 2.35 bits per heavy atom. The van der Waals surface area contributed by atoms with Gasteiger partial charge in [-0.05, 0) is 30.7 Å². The highest BCUT2D eigenvalue weighted by Crippen LogP contribution is 2.31. The van der Waals surface area contributed by atoms with Gasteiger partial charge in [-0.1, -0.05) is 54.6 Å². The molecule has 208 valence electrons. The molecule has 0 aromatic heterocycles. The Morgan fingerprint density at radius 1 is 1.07 bits per heavy atom. The molecule has 1 heterocycles. The van der Waals surface area contributed by atoms with Crippen LogP contribution in [0.15, 0.2) is 77.8 Å². The van der Waals surface area contributed by atoms with Crippen LogP contribution in [0.3, 0.4) is 0 Å². The number of fused-ring (bicyclic) bond motifs is 1. The quantitative estimate of drug-likeness (QED) is 0.338. The second kappa shape index (κ2) is 11.3. The largest absolute Gasteiger partial charge is 0.480 e. The second-order valence-corrected chi connectivity index (χ2v) is 9.05. The summed E-state index contributed by atoms with van der Waals surface area (Å²) in [5.41, 5.74) is 3.17.